The second-order valence-electron chi connectivity index (χ2n) is 2.89. The number of H-pyrrole nitrogens is 1. The highest BCUT2D eigenvalue weighted by molar-refractivity contribution is 7.71. The van der Waals surface area contributed by atoms with E-state index in [9.17, 15) is 4.39 Å². The van der Waals surface area contributed by atoms with Crippen LogP contribution in [-0.4, -0.2) is 14.8 Å². The van der Waals surface area contributed by atoms with Gasteiger partial charge in [0.05, 0.1) is 5.56 Å². The van der Waals surface area contributed by atoms with Gasteiger partial charge >= 0.3 is 0 Å². The Kier molecular flexibility index (Phi) is 2.17. The van der Waals surface area contributed by atoms with Gasteiger partial charge in [-0.1, -0.05) is 12.1 Å². The van der Waals surface area contributed by atoms with Gasteiger partial charge in [0.15, 0.2) is 10.6 Å². The number of benzene rings is 1. The van der Waals surface area contributed by atoms with Gasteiger partial charge < -0.3 is 4.57 Å². The quantitative estimate of drug-likeness (QED) is 0.731. The van der Waals surface area contributed by atoms with Crippen molar-refractivity contribution < 1.29 is 4.39 Å². The number of aromatic nitrogens is 3. The smallest absolute Gasteiger partial charge is 0.195 e. The van der Waals surface area contributed by atoms with Crippen molar-refractivity contribution in [2.75, 3.05) is 0 Å². The summed E-state index contributed by atoms with van der Waals surface area (Å²) in [7, 11) is 1.74. The summed E-state index contributed by atoms with van der Waals surface area (Å²) in [5.41, 5.74) is 0.447. The third kappa shape index (κ3) is 1.35. The van der Waals surface area contributed by atoms with Crippen molar-refractivity contribution in [1.82, 2.24) is 14.8 Å². The monoisotopic (exact) mass is 209 g/mol. The Morgan fingerprint density at radius 2 is 2.14 bits per heavy atom. The summed E-state index contributed by atoms with van der Waals surface area (Å²) in [5.74, 6) is 0.206. The lowest BCUT2D eigenvalue weighted by atomic mass is 10.2. The minimum Gasteiger partial charge on any atom is -0.303 e. The average molecular weight is 209 g/mol. The summed E-state index contributed by atoms with van der Waals surface area (Å²) in [6.45, 7) is 0. The number of nitrogens with one attached hydrogen (secondary N) is 1. The van der Waals surface area contributed by atoms with E-state index in [4.69, 9.17) is 12.2 Å². The minimum absolute atomic E-state index is 0.301. The lowest BCUT2D eigenvalue weighted by molar-refractivity contribution is 0.628. The van der Waals surface area contributed by atoms with Crippen LogP contribution in [0.25, 0.3) is 11.4 Å². The first-order valence-corrected chi connectivity index (χ1v) is 4.47. The normalized spacial score (nSPS) is 10.4. The molecule has 0 amide bonds. The van der Waals surface area contributed by atoms with Gasteiger partial charge in [-0.05, 0) is 24.4 Å². The number of nitrogens with zero attached hydrogens (tertiary/aromatic N) is 2. The molecule has 1 aromatic heterocycles. The molecule has 0 saturated heterocycles. The summed E-state index contributed by atoms with van der Waals surface area (Å²) in [6, 6.07) is 6.46. The maximum absolute atomic E-state index is 13.4. The predicted molar refractivity (Wildman–Crippen MR) is 53.8 cm³/mol. The molecule has 2 aromatic rings. The van der Waals surface area contributed by atoms with E-state index in [-0.39, 0.29) is 5.82 Å². The van der Waals surface area contributed by atoms with Gasteiger partial charge in [-0.3, -0.25) is 5.10 Å². The molecule has 14 heavy (non-hydrogen) atoms. The van der Waals surface area contributed by atoms with Crippen molar-refractivity contribution in [2.24, 2.45) is 7.05 Å². The number of aromatic amines is 1. The maximum Gasteiger partial charge on any atom is 0.195 e. The molecule has 1 aromatic carbocycles. The van der Waals surface area contributed by atoms with Crippen LogP contribution in [0, 0.1) is 10.6 Å². The van der Waals surface area contributed by atoms with E-state index in [1.165, 1.54) is 6.07 Å². The third-order valence-electron chi connectivity index (χ3n) is 1.99. The summed E-state index contributed by atoms with van der Waals surface area (Å²) in [5, 5.41) is 6.56. The van der Waals surface area contributed by atoms with Crippen LogP contribution in [0.4, 0.5) is 4.39 Å². The van der Waals surface area contributed by atoms with Crippen LogP contribution < -0.4 is 0 Å². The molecule has 0 saturated carbocycles. The Morgan fingerprint density at radius 1 is 1.43 bits per heavy atom. The molecule has 0 aliphatic rings. The first-order chi connectivity index (χ1) is 6.70. The van der Waals surface area contributed by atoms with Crippen LogP contribution in [-0.2, 0) is 7.05 Å². The topological polar surface area (TPSA) is 33.6 Å². The van der Waals surface area contributed by atoms with Crippen LogP contribution in [0.1, 0.15) is 0 Å². The summed E-state index contributed by atoms with van der Waals surface area (Å²) >= 11 is 4.94. The van der Waals surface area contributed by atoms with Crippen LogP contribution >= 0.6 is 12.2 Å². The highest BCUT2D eigenvalue weighted by Gasteiger charge is 2.09. The Morgan fingerprint density at radius 3 is 2.71 bits per heavy atom. The molecular formula is C9H8FN3S. The largest absolute Gasteiger partial charge is 0.303 e. The van der Waals surface area contributed by atoms with Crippen molar-refractivity contribution in [2.45, 2.75) is 0 Å². The Bertz CT molecular complexity index is 515. The molecule has 0 bridgehead atoms. The van der Waals surface area contributed by atoms with Gasteiger partial charge in [0.25, 0.3) is 0 Å². The molecule has 0 spiro atoms. The predicted octanol–water partition coefficient (Wildman–Crippen LogP) is 2.28. The molecule has 0 aliphatic carbocycles. The second kappa shape index (κ2) is 3.34. The number of rotatable bonds is 1. The molecule has 1 heterocycles. The Balaban J connectivity index is 2.66. The van der Waals surface area contributed by atoms with Gasteiger partial charge in [0.1, 0.15) is 5.82 Å². The van der Waals surface area contributed by atoms with Gasteiger partial charge in [0, 0.05) is 7.05 Å². The fourth-order valence-electron chi connectivity index (χ4n) is 1.23. The molecule has 0 atom stereocenters. The molecule has 0 aliphatic heterocycles. The van der Waals surface area contributed by atoms with E-state index in [1.807, 2.05) is 0 Å². The van der Waals surface area contributed by atoms with Gasteiger partial charge in [-0.15, -0.1) is 0 Å². The molecular weight excluding hydrogens is 201 g/mol. The molecule has 0 unspecified atom stereocenters. The zero-order valence-corrected chi connectivity index (χ0v) is 8.31. The van der Waals surface area contributed by atoms with E-state index < -0.39 is 0 Å². The van der Waals surface area contributed by atoms with E-state index >= 15 is 0 Å². The molecule has 1 N–H and O–H groups in total. The SMILES string of the molecule is Cn1c(-c2ccccc2F)n[nH]c1=S. The van der Waals surface area contributed by atoms with Gasteiger partial charge in [0.2, 0.25) is 0 Å². The highest BCUT2D eigenvalue weighted by atomic mass is 32.1. The summed E-state index contributed by atoms with van der Waals surface area (Å²) in [6.07, 6.45) is 0. The van der Waals surface area contributed by atoms with Crippen molar-refractivity contribution in [1.29, 1.82) is 0 Å². The van der Waals surface area contributed by atoms with Gasteiger partial charge in [-0.2, -0.15) is 5.10 Å². The van der Waals surface area contributed by atoms with Crippen molar-refractivity contribution >= 4 is 12.2 Å². The molecule has 0 radical (unpaired) electrons. The molecule has 72 valence electrons. The molecule has 5 heteroatoms. The van der Waals surface area contributed by atoms with Crippen molar-refractivity contribution in [3.05, 3.63) is 34.9 Å². The number of halogens is 1. The lowest BCUT2D eigenvalue weighted by Gasteiger charge is -2.00. The molecule has 2 rings (SSSR count). The Hall–Kier alpha value is -1.49. The fraction of sp³-hybridized carbons (Fsp3) is 0.111. The zero-order valence-electron chi connectivity index (χ0n) is 7.49. The highest BCUT2D eigenvalue weighted by Crippen LogP contribution is 2.19. The average Bonchev–Trinajstić information content (AvgIpc) is 2.49. The lowest BCUT2D eigenvalue weighted by Crippen LogP contribution is -1.94. The zero-order chi connectivity index (χ0) is 10.1. The Labute approximate surface area is 85.2 Å². The van der Waals surface area contributed by atoms with Crippen LogP contribution in [0.3, 0.4) is 0 Å². The standard InChI is InChI=1S/C9H8FN3S/c1-13-8(11-12-9(13)14)6-4-2-3-5-7(6)10/h2-5H,1H3,(H,12,14). The first kappa shape index (κ1) is 9.08. The third-order valence-corrected chi connectivity index (χ3v) is 2.36. The van der Waals surface area contributed by atoms with E-state index in [2.05, 4.69) is 10.2 Å². The number of hydrogen-bond donors (Lipinski definition) is 1. The molecule has 0 fully saturated rings. The fourth-order valence-corrected chi connectivity index (χ4v) is 1.36. The van der Waals surface area contributed by atoms with Crippen LogP contribution in [0.15, 0.2) is 24.3 Å². The van der Waals surface area contributed by atoms with Gasteiger partial charge in [-0.25, -0.2) is 4.39 Å². The van der Waals surface area contributed by atoms with Crippen LogP contribution in [0.5, 0.6) is 0 Å². The van der Waals surface area contributed by atoms with E-state index in [1.54, 1.807) is 29.8 Å². The number of hydrogen-bond acceptors (Lipinski definition) is 2. The summed E-state index contributed by atoms with van der Waals surface area (Å²) < 4.78 is 15.5. The van der Waals surface area contributed by atoms with Crippen LogP contribution in [0.2, 0.25) is 0 Å². The maximum atomic E-state index is 13.4. The molecule has 3 nitrogen and oxygen atoms in total. The van der Waals surface area contributed by atoms with E-state index in [0.717, 1.165) is 0 Å². The summed E-state index contributed by atoms with van der Waals surface area (Å²) in [4.78, 5) is 0. The van der Waals surface area contributed by atoms with E-state index in [0.29, 0.717) is 16.2 Å². The van der Waals surface area contributed by atoms with Crippen molar-refractivity contribution in [3.63, 3.8) is 0 Å². The minimum atomic E-state index is -0.301. The van der Waals surface area contributed by atoms with Crippen molar-refractivity contribution in [3.8, 4) is 11.4 Å². The second-order valence-corrected chi connectivity index (χ2v) is 3.28. The first-order valence-electron chi connectivity index (χ1n) is 4.06.